The molecule has 0 aliphatic rings. The first-order chi connectivity index (χ1) is 14.5. The lowest BCUT2D eigenvalue weighted by molar-refractivity contribution is -0.150. The Bertz CT molecular complexity index is 431. The van der Waals surface area contributed by atoms with Gasteiger partial charge in [-0.3, -0.25) is 4.90 Å². The van der Waals surface area contributed by atoms with Crippen LogP contribution in [0.3, 0.4) is 0 Å². The van der Waals surface area contributed by atoms with Gasteiger partial charge >= 0.3 is 12.1 Å². The van der Waals surface area contributed by atoms with Gasteiger partial charge in [0, 0.05) is 12.9 Å². The average Bonchev–Trinajstić information content (AvgIpc) is 2.71. The molecule has 0 bridgehead atoms. The molecule has 0 aromatic carbocycles. The highest BCUT2D eigenvalue weighted by Gasteiger charge is 2.32. The highest BCUT2D eigenvalue weighted by molar-refractivity contribution is 6.17. The third-order valence-electron chi connectivity index (χ3n) is 5.32. The van der Waals surface area contributed by atoms with Crippen molar-refractivity contribution in [3.05, 3.63) is 0 Å². The molecule has 0 aromatic heterocycles. The van der Waals surface area contributed by atoms with E-state index in [1.807, 2.05) is 13.8 Å². The number of nitrogens with zero attached hydrogens (tertiary/aromatic N) is 1. The van der Waals surface area contributed by atoms with E-state index in [1.54, 1.807) is 7.05 Å². The minimum atomic E-state index is -0.633. The lowest BCUT2D eigenvalue weighted by atomic mass is 10.0. The van der Waals surface area contributed by atoms with Gasteiger partial charge in [0.25, 0.3) is 0 Å². The standard InChI is InChI=1S/C24H46ClNO4/c1-5-6-7-8-9-10-11-12-13-14-15-16-19-29-23(27)22(21(2)3)26(4)24(28)30-20-17-18-25/h21-22H,5-20H2,1-4H3. The van der Waals surface area contributed by atoms with Crippen molar-refractivity contribution < 1.29 is 19.1 Å². The van der Waals surface area contributed by atoms with E-state index in [9.17, 15) is 9.59 Å². The van der Waals surface area contributed by atoms with Crippen molar-refractivity contribution in [3.8, 4) is 0 Å². The summed E-state index contributed by atoms with van der Waals surface area (Å²) in [6, 6.07) is -0.633. The molecule has 1 amide bonds. The summed E-state index contributed by atoms with van der Waals surface area (Å²) in [7, 11) is 1.58. The van der Waals surface area contributed by atoms with E-state index in [0.29, 0.717) is 18.9 Å². The van der Waals surface area contributed by atoms with E-state index < -0.39 is 12.1 Å². The van der Waals surface area contributed by atoms with Crippen LogP contribution >= 0.6 is 11.6 Å². The number of rotatable bonds is 19. The number of unbranched alkanes of at least 4 members (excludes halogenated alkanes) is 11. The number of esters is 1. The second-order valence-electron chi connectivity index (χ2n) is 8.51. The largest absolute Gasteiger partial charge is 0.464 e. The van der Waals surface area contributed by atoms with Gasteiger partial charge in [-0.25, -0.2) is 9.59 Å². The van der Waals surface area contributed by atoms with Crippen molar-refractivity contribution in [1.29, 1.82) is 0 Å². The number of halogens is 1. The highest BCUT2D eigenvalue weighted by Crippen LogP contribution is 2.14. The van der Waals surface area contributed by atoms with Crippen LogP contribution in [0, 0.1) is 5.92 Å². The van der Waals surface area contributed by atoms with Gasteiger partial charge in [-0.2, -0.15) is 0 Å². The summed E-state index contributed by atoms with van der Waals surface area (Å²) in [5.41, 5.74) is 0. The lowest BCUT2D eigenvalue weighted by Crippen LogP contribution is -2.47. The number of ether oxygens (including phenoxy) is 2. The van der Waals surface area contributed by atoms with Gasteiger partial charge in [0.2, 0.25) is 0 Å². The Morgan fingerprint density at radius 3 is 1.70 bits per heavy atom. The molecule has 30 heavy (non-hydrogen) atoms. The maximum atomic E-state index is 12.5. The summed E-state index contributed by atoms with van der Waals surface area (Å²) in [6.07, 6.45) is 15.3. The van der Waals surface area contributed by atoms with Crippen LogP contribution in [-0.2, 0) is 14.3 Å². The van der Waals surface area contributed by atoms with Gasteiger partial charge in [-0.1, -0.05) is 91.4 Å². The molecule has 1 atom stereocenters. The number of amides is 1. The normalized spacial score (nSPS) is 12.1. The molecule has 0 saturated heterocycles. The molecule has 178 valence electrons. The van der Waals surface area contributed by atoms with Crippen molar-refractivity contribution in [2.75, 3.05) is 26.1 Å². The number of carbonyl (C=O) groups is 2. The maximum absolute atomic E-state index is 12.5. The summed E-state index contributed by atoms with van der Waals surface area (Å²) in [4.78, 5) is 25.9. The summed E-state index contributed by atoms with van der Waals surface area (Å²) in [5, 5.41) is 0. The molecule has 0 radical (unpaired) electrons. The van der Waals surface area contributed by atoms with Crippen LogP contribution in [0.25, 0.3) is 0 Å². The first-order valence-electron chi connectivity index (χ1n) is 12.1. The zero-order valence-corrected chi connectivity index (χ0v) is 20.7. The fourth-order valence-corrected chi connectivity index (χ4v) is 3.62. The SMILES string of the molecule is CCCCCCCCCCCCCCOC(=O)C(C(C)C)N(C)C(=O)OCCCCl. The molecular weight excluding hydrogens is 402 g/mol. The number of alkyl halides is 1. The molecule has 0 fully saturated rings. The fourth-order valence-electron chi connectivity index (χ4n) is 3.51. The van der Waals surface area contributed by atoms with Gasteiger partial charge in [-0.15, -0.1) is 11.6 Å². The molecule has 6 heteroatoms. The van der Waals surface area contributed by atoms with Crippen LogP contribution in [0.4, 0.5) is 4.79 Å². The number of carbonyl (C=O) groups excluding carboxylic acids is 2. The number of hydrogen-bond donors (Lipinski definition) is 0. The molecule has 0 heterocycles. The van der Waals surface area contributed by atoms with E-state index in [0.717, 1.165) is 12.8 Å². The van der Waals surface area contributed by atoms with Crippen LogP contribution in [0.1, 0.15) is 104 Å². The Kier molecular flexibility index (Phi) is 19.3. The zero-order chi connectivity index (χ0) is 22.6. The second-order valence-corrected chi connectivity index (χ2v) is 8.89. The van der Waals surface area contributed by atoms with E-state index in [4.69, 9.17) is 21.1 Å². The highest BCUT2D eigenvalue weighted by atomic mass is 35.5. The molecule has 0 saturated carbocycles. The molecule has 1 unspecified atom stereocenters. The Morgan fingerprint density at radius 1 is 0.767 bits per heavy atom. The Labute approximate surface area is 190 Å². The smallest absolute Gasteiger partial charge is 0.410 e. The van der Waals surface area contributed by atoms with E-state index in [1.165, 1.54) is 69.1 Å². The molecular formula is C24H46ClNO4. The summed E-state index contributed by atoms with van der Waals surface area (Å²) >= 11 is 5.60. The monoisotopic (exact) mass is 447 g/mol. The number of hydrogen-bond acceptors (Lipinski definition) is 4. The molecule has 0 aliphatic heterocycles. The van der Waals surface area contributed by atoms with Crippen LogP contribution in [0.15, 0.2) is 0 Å². The molecule has 5 nitrogen and oxygen atoms in total. The van der Waals surface area contributed by atoms with Crippen molar-refractivity contribution >= 4 is 23.7 Å². The minimum absolute atomic E-state index is 0.0509. The van der Waals surface area contributed by atoms with Crippen LogP contribution in [0.5, 0.6) is 0 Å². The van der Waals surface area contributed by atoms with Crippen molar-refractivity contribution in [2.24, 2.45) is 5.92 Å². The fraction of sp³-hybridized carbons (Fsp3) is 0.917. The first kappa shape index (κ1) is 29.0. The predicted molar refractivity (Wildman–Crippen MR) is 125 cm³/mol. The van der Waals surface area contributed by atoms with Crippen LogP contribution in [-0.4, -0.2) is 49.1 Å². The third-order valence-corrected chi connectivity index (χ3v) is 5.59. The van der Waals surface area contributed by atoms with E-state index in [2.05, 4.69) is 6.92 Å². The maximum Gasteiger partial charge on any atom is 0.410 e. The van der Waals surface area contributed by atoms with Crippen LogP contribution in [0.2, 0.25) is 0 Å². The minimum Gasteiger partial charge on any atom is -0.464 e. The molecule has 0 aliphatic carbocycles. The van der Waals surface area contributed by atoms with Crippen molar-refractivity contribution in [3.63, 3.8) is 0 Å². The average molecular weight is 448 g/mol. The predicted octanol–water partition coefficient (Wildman–Crippen LogP) is 6.95. The van der Waals surface area contributed by atoms with Gasteiger partial charge in [0.1, 0.15) is 6.04 Å². The lowest BCUT2D eigenvalue weighted by Gasteiger charge is -2.28. The van der Waals surface area contributed by atoms with Gasteiger partial charge < -0.3 is 9.47 Å². The molecule has 0 rings (SSSR count). The summed E-state index contributed by atoms with van der Waals surface area (Å²) in [5.74, 6) is 0.0287. The summed E-state index contributed by atoms with van der Waals surface area (Å²) in [6.45, 7) is 6.72. The first-order valence-corrected chi connectivity index (χ1v) is 12.6. The number of likely N-dealkylation sites (N-methyl/N-ethyl adjacent to an activating group) is 1. The van der Waals surface area contributed by atoms with Crippen molar-refractivity contribution in [2.45, 2.75) is 110 Å². The zero-order valence-electron chi connectivity index (χ0n) is 19.9. The van der Waals surface area contributed by atoms with Gasteiger partial charge in [-0.05, 0) is 18.8 Å². The molecule has 0 N–H and O–H groups in total. The summed E-state index contributed by atoms with van der Waals surface area (Å²) < 4.78 is 10.6. The molecule has 0 spiro atoms. The van der Waals surface area contributed by atoms with E-state index >= 15 is 0 Å². The topological polar surface area (TPSA) is 55.8 Å². The van der Waals surface area contributed by atoms with Crippen molar-refractivity contribution in [1.82, 2.24) is 4.90 Å². The Morgan fingerprint density at radius 2 is 1.23 bits per heavy atom. The van der Waals surface area contributed by atoms with Crippen LogP contribution < -0.4 is 0 Å². The van der Waals surface area contributed by atoms with Gasteiger partial charge in [0.15, 0.2) is 0 Å². The Balaban J connectivity index is 3.86. The quantitative estimate of drug-likeness (QED) is 0.122. The molecule has 0 aromatic rings. The second kappa shape index (κ2) is 20.0. The van der Waals surface area contributed by atoms with E-state index in [-0.39, 0.29) is 18.5 Å². The van der Waals surface area contributed by atoms with Gasteiger partial charge in [0.05, 0.1) is 13.2 Å². The third kappa shape index (κ3) is 14.9. The Hall–Kier alpha value is -0.970.